The van der Waals surface area contributed by atoms with E-state index in [-0.39, 0.29) is 11.9 Å². The van der Waals surface area contributed by atoms with Crippen LogP contribution in [0.5, 0.6) is 5.75 Å². The number of nitrogens with zero attached hydrogens (tertiary/aromatic N) is 4. The van der Waals surface area contributed by atoms with Crippen molar-refractivity contribution >= 4 is 29.3 Å². The third-order valence-electron chi connectivity index (χ3n) is 5.64. The first kappa shape index (κ1) is 23.6. The summed E-state index contributed by atoms with van der Waals surface area (Å²) in [6.07, 6.45) is 1.94. The van der Waals surface area contributed by atoms with Gasteiger partial charge in [-0.05, 0) is 42.7 Å². The quantitative estimate of drug-likeness (QED) is 0.463. The average Bonchev–Trinajstić information content (AvgIpc) is 3.18. The number of nitrogens with one attached hydrogen (secondary N) is 1. The second-order valence-electron chi connectivity index (χ2n) is 8.09. The van der Waals surface area contributed by atoms with Gasteiger partial charge in [0.15, 0.2) is 11.0 Å². The van der Waals surface area contributed by atoms with Crippen molar-refractivity contribution in [1.82, 2.24) is 25.0 Å². The molecule has 1 N–H and O–H groups in total. The molecule has 174 valence electrons. The topological polar surface area (TPSA) is 72.3 Å². The maximum atomic E-state index is 12.5. The zero-order valence-corrected chi connectivity index (χ0v) is 20.2. The number of ether oxygens (including phenoxy) is 1. The van der Waals surface area contributed by atoms with E-state index < -0.39 is 0 Å². The van der Waals surface area contributed by atoms with E-state index in [0.717, 1.165) is 32.5 Å². The van der Waals surface area contributed by atoms with Gasteiger partial charge in [0.05, 0.1) is 5.75 Å². The van der Waals surface area contributed by atoms with Crippen molar-refractivity contribution in [3.8, 4) is 5.75 Å². The normalized spacial score (nSPS) is 14.8. The Morgan fingerprint density at radius 1 is 1.12 bits per heavy atom. The minimum absolute atomic E-state index is 0.0310. The lowest BCUT2D eigenvalue weighted by Crippen LogP contribution is -2.44. The van der Waals surface area contributed by atoms with Gasteiger partial charge < -0.3 is 14.6 Å². The number of carbonyl (C=O) groups excluding carboxylic acids is 1. The first-order valence-corrected chi connectivity index (χ1v) is 12.4. The Kier molecular flexibility index (Phi) is 8.25. The third kappa shape index (κ3) is 6.96. The van der Waals surface area contributed by atoms with Crippen molar-refractivity contribution in [3.63, 3.8) is 0 Å². The summed E-state index contributed by atoms with van der Waals surface area (Å²) in [5.74, 6) is 1.75. The standard InChI is InChI=1S/C24H28ClN5O2S/c1-29-22(16-32-21-9-7-19(25)8-10-21)27-28-24(29)33-17-23(31)26-20-11-13-30(14-12-20)15-18-5-3-2-4-6-18/h2-10,20H,11-17H2,1H3,(H,26,31). The summed E-state index contributed by atoms with van der Waals surface area (Å²) in [4.78, 5) is 14.9. The van der Waals surface area contributed by atoms with Gasteiger partial charge in [-0.1, -0.05) is 53.7 Å². The monoisotopic (exact) mass is 485 g/mol. The van der Waals surface area contributed by atoms with Crippen LogP contribution in [0.3, 0.4) is 0 Å². The predicted molar refractivity (Wildman–Crippen MR) is 130 cm³/mol. The Morgan fingerprint density at radius 3 is 2.58 bits per heavy atom. The minimum atomic E-state index is 0.0310. The number of piperidine rings is 1. The number of amides is 1. The Balaban J connectivity index is 1.17. The van der Waals surface area contributed by atoms with Gasteiger partial charge in [0.25, 0.3) is 0 Å². The summed E-state index contributed by atoms with van der Waals surface area (Å²) >= 11 is 7.28. The van der Waals surface area contributed by atoms with E-state index in [2.05, 4.69) is 44.7 Å². The average molecular weight is 486 g/mol. The molecule has 0 spiro atoms. The lowest BCUT2D eigenvalue weighted by Gasteiger charge is -2.32. The maximum Gasteiger partial charge on any atom is 0.230 e. The number of hydrogen-bond donors (Lipinski definition) is 1. The fraction of sp³-hybridized carbons (Fsp3) is 0.375. The Labute approximate surface area is 203 Å². The van der Waals surface area contributed by atoms with Crippen molar-refractivity contribution in [2.75, 3.05) is 18.8 Å². The molecule has 0 radical (unpaired) electrons. The van der Waals surface area contributed by atoms with Crippen LogP contribution in [0.2, 0.25) is 5.02 Å². The van der Waals surface area contributed by atoms with Crippen molar-refractivity contribution in [2.24, 2.45) is 7.05 Å². The molecule has 2 aromatic carbocycles. The van der Waals surface area contributed by atoms with Gasteiger partial charge in [0.2, 0.25) is 5.91 Å². The highest BCUT2D eigenvalue weighted by Gasteiger charge is 2.21. The van der Waals surface area contributed by atoms with E-state index in [1.54, 1.807) is 12.1 Å². The molecule has 2 heterocycles. The second-order valence-corrected chi connectivity index (χ2v) is 9.47. The molecular weight excluding hydrogens is 458 g/mol. The number of aromatic nitrogens is 3. The fourth-order valence-electron chi connectivity index (χ4n) is 3.75. The van der Waals surface area contributed by atoms with Crippen LogP contribution in [-0.2, 0) is 25.0 Å². The highest BCUT2D eigenvalue weighted by Crippen LogP contribution is 2.19. The number of likely N-dealkylation sites (tertiary alicyclic amines) is 1. The van der Waals surface area contributed by atoms with E-state index in [9.17, 15) is 4.79 Å². The molecule has 0 atom stereocenters. The second kappa shape index (κ2) is 11.5. The molecule has 9 heteroatoms. The molecule has 7 nitrogen and oxygen atoms in total. The SMILES string of the molecule is Cn1c(COc2ccc(Cl)cc2)nnc1SCC(=O)NC1CCN(Cc2ccccc2)CC1. The molecule has 1 aliphatic rings. The van der Waals surface area contributed by atoms with Gasteiger partial charge in [0, 0.05) is 37.7 Å². The van der Waals surface area contributed by atoms with Crippen molar-refractivity contribution < 1.29 is 9.53 Å². The smallest absolute Gasteiger partial charge is 0.230 e. The van der Waals surface area contributed by atoms with Gasteiger partial charge in [-0.3, -0.25) is 9.69 Å². The molecular formula is C24H28ClN5O2S. The molecule has 1 aromatic heterocycles. The van der Waals surface area contributed by atoms with Crippen LogP contribution in [0.15, 0.2) is 59.8 Å². The Hall–Kier alpha value is -2.55. The number of halogens is 1. The van der Waals surface area contributed by atoms with E-state index in [0.29, 0.717) is 34.1 Å². The molecule has 0 unspecified atom stereocenters. The highest BCUT2D eigenvalue weighted by atomic mass is 35.5. The zero-order valence-electron chi connectivity index (χ0n) is 18.6. The zero-order chi connectivity index (χ0) is 23.0. The molecule has 33 heavy (non-hydrogen) atoms. The van der Waals surface area contributed by atoms with Crippen LogP contribution >= 0.6 is 23.4 Å². The molecule has 0 bridgehead atoms. The molecule has 0 saturated carbocycles. The van der Waals surface area contributed by atoms with E-state index in [1.807, 2.05) is 29.8 Å². The molecule has 1 aliphatic heterocycles. The molecule has 4 rings (SSSR count). The summed E-state index contributed by atoms with van der Waals surface area (Å²) in [6.45, 7) is 3.24. The van der Waals surface area contributed by atoms with Gasteiger partial charge in [-0.25, -0.2) is 0 Å². The van der Waals surface area contributed by atoms with Crippen LogP contribution < -0.4 is 10.1 Å². The molecule has 1 saturated heterocycles. The number of thioether (sulfide) groups is 1. The highest BCUT2D eigenvalue weighted by molar-refractivity contribution is 7.99. The predicted octanol–water partition coefficient (Wildman–Crippen LogP) is 3.92. The summed E-state index contributed by atoms with van der Waals surface area (Å²) < 4.78 is 7.60. The van der Waals surface area contributed by atoms with Crippen LogP contribution in [0.1, 0.15) is 24.2 Å². The van der Waals surface area contributed by atoms with Gasteiger partial charge in [-0.2, -0.15) is 0 Å². The molecule has 0 aliphatic carbocycles. The van der Waals surface area contributed by atoms with Crippen LogP contribution in [0, 0.1) is 0 Å². The number of hydrogen-bond acceptors (Lipinski definition) is 6. The summed E-state index contributed by atoms with van der Waals surface area (Å²) in [6, 6.07) is 17.9. The number of benzene rings is 2. The third-order valence-corrected chi connectivity index (χ3v) is 6.91. The Morgan fingerprint density at radius 2 is 1.85 bits per heavy atom. The van der Waals surface area contributed by atoms with Crippen LogP contribution in [-0.4, -0.2) is 50.5 Å². The lowest BCUT2D eigenvalue weighted by molar-refractivity contribution is -0.119. The minimum Gasteiger partial charge on any atom is -0.486 e. The van der Waals surface area contributed by atoms with Crippen molar-refractivity contribution in [1.29, 1.82) is 0 Å². The first-order chi connectivity index (χ1) is 16.1. The van der Waals surface area contributed by atoms with Crippen LogP contribution in [0.25, 0.3) is 0 Å². The molecule has 3 aromatic rings. The Bertz CT molecular complexity index is 1040. The van der Waals surface area contributed by atoms with Gasteiger partial charge >= 0.3 is 0 Å². The number of rotatable bonds is 9. The lowest BCUT2D eigenvalue weighted by atomic mass is 10.0. The van der Waals surface area contributed by atoms with Crippen molar-refractivity contribution in [2.45, 2.75) is 37.2 Å². The van der Waals surface area contributed by atoms with E-state index in [1.165, 1.54) is 17.3 Å². The van der Waals surface area contributed by atoms with E-state index >= 15 is 0 Å². The van der Waals surface area contributed by atoms with Gasteiger partial charge in [0.1, 0.15) is 12.4 Å². The summed E-state index contributed by atoms with van der Waals surface area (Å²) in [5, 5.41) is 12.9. The maximum absolute atomic E-state index is 12.5. The molecule has 1 amide bonds. The van der Waals surface area contributed by atoms with Crippen molar-refractivity contribution in [3.05, 3.63) is 71.0 Å². The largest absolute Gasteiger partial charge is 0.486 e. The first-order valence-electron chi connectivity index (χ1n) is 11.0. The van der Waals surface area contributed by atoms with Crippen LogP contribution in [0.4, 0.5) is 0 Å². The van der Waals surface area contributed by atoms with Gasteiger partial charge in [-0.15, -0.1) is 10.2 Å². The summed E-state index contributed by atoms with van der Waals surface area (Å²) in [7, 11) is 1.88. The molecule has 1 fully saturated rings. The fourth-order valence-corrected chi connectivity index (χ4v) is 4.62. The summed E-state index contributed by atoms with van der Waals surface area (Å²) in [5.41, 5.74) is 1.33. The van der Waals surface area contributed by atoms with E-state index in [4.69, 9.17) is 16.3 Å². The number of carbonyl (C=O) groups is 1.